The van der Waals surface area contributed by atoms with Crippen molar-refractivity contribution in [3.8, 4) is 28.3 Å². The minimum atomic E-state index is -0.255. The van der Waals surface area contributed by atoms with Crippen LogP contribution in [0.15, 0.2) is 140 Å². The van der Waals surface area contributed by atoms with E-state index in [0.29, 0.717) is 5.95 Å². The second kappa shape index (κ2) is 9.62. The first-order chi connectivity index (χ1) is 24.1. The molecule has 0 radical (unpaired) electrons. The van der Waals surface area contributed by atoms with Crippen molar-refractivity contribution in [2.24, 2.45) is 0 Å². The van der Waals surface area contributed by atoms with Gasteiger partial charge in [0.2, 0.25) is 5.95 Å². The van der Waals surface area contributed by atoms with E-state index in [-0.39, 0.29) is 5.41 Å². The highest BCUT2D eigenvalue weighted by Crippen LogP contribution is 2.57. The molecule has 0 saturated heterocycles. The fourth-order valence-corrected chi connectivity index (χ4v) is 9.84. The Hall–Kier alpha value is -5.84. The molecule has 7 aromatic carbocycles. The lowest BCUT2D eigenvalue weighted by Crippen LogP contribution is -2.17. The van der Waals surface area contributed by atoms with E-state index in [1.165, 1.54) is 69.5 Å². The summed E-state index contributed by atoms with van der Waals surface area (Å²) in [6, 6.07) is 50.4. The van der Waals surface area contributed by atoms with E-state index in [2.05, 4.69) is 158 Å². The van der Waals surface area contributed by atoms with Gasteiger partial charge in [0.1, 0.15) is 0 Å². The van der Waals surface area contributed by atoms with Crippen LogP contribution in [0.3, 0.4) is 0 Å². The van der Waals surface area contributed by atoms with Gasteiger partial charge in [-0.25, -0.2) is 9.97 Å². The van der Waals surface area contributed by atoms with Crippen molar-refractivity contribution >= 4 is 75.0 Å². The second-order valence-electron chi connectivity index (χ2n) is 13.7. The van der Waals surface area contributed by atoms with Crippen LogP contribution in [-0.4, -0.2) is 14.5 Å². The van der Waals surface area contributed by atoms with Gasteiger partial charge in [0.15, 0.2) is 0 Å². The molecule has 10 aromatic rings. The van der Waals surface area contributed by atoms with Crippen molar-refractivity contribution in [1.82, 2.24) is 14.5 Å². The fraction of sp³-hybridized carbons (Fsp3) is 0.0667. The Kier molecular flexibility index (Phi) is 5.33. The van der Waals surface area contributed by atoms with E-state index in [4.69, 9.17) is 9.97 Å². The lowest BCUT2D eigenvalue weighted by atomic mass is 9.80. The highest BCUT2D eigenvalue weighted by molar-refractivity contribution is 7.26. The minimum Gasteiger partial charge on any atom is -0.278 e. The van der Waals surface area contributed by atoms with Crippen molar-refractivity contribution in [3.05, 3.63) is 151 Å². The Morgan fingerprint density at radius 1 is 0.551 bits per heavy atom. The first-order valence-corrected chi connectivity index (χ1v) is 17.7. The van der Waals surface area contributed by atoms with Crippen LogP contribution in [0.25, 0.3) is 92.0 Å². The Labute approximate surface area is 286 Å². The van der Waals surface area contributed by atoms with Gasteiger partial charge in [0.05, 0.1) is 22.2 Å². The van der Waals surface area contributed by atoms with Gasteiger partial charge in [-0.1, -0.05) is 129 Å². The van der Waals surface area contributed by atoms with Gasteiger partial charge >= 0.3 is 0 Å². The van der Waals surface area contributed by atoms with Crippen LogP contribution in [0, 0.1) is 0 Å². The third-order valence-corrected chi connectivity index (χ3v) is 11.9. The summed E-state index contributed by atoms with van der Waals surface area (Å²) >= 11 is 1.88. The van der Waals surface area contributed by atoms with Gasteiger partial charge in [0, 0.05) is 52.7 Å². The molecular weight excluding hydrogens is 615 g/mol. The van der Waals surface area contributed by atoms with Gasteiger partial charge in [-0.2, -0.15) is 0 Å². The fourth-order valence-electron chi connectivity index (χ4n) is 8.72. The van der Waals surface area contributed by atoms with E-state index in [1.54, 1.807) is 0 Å². The molecule has 0 bridgehead atoms. The first-order valence-electron chi connectivity index (χ1n) is 16.9. The standard InChI is InChI=1S/C45H29N3S/c1-45(2)32-20-10-6-16-27(32)37-31-24-25-36-38(30-19-9-13-23-35(30)49-36)39(31)40-29-18-8-12-22-34(29)48(43(40)41(37)45)44-46-33-21-11-7-17-28(33)42(47-44)26-14-4-3-5-15-26/h3-25H,1-2H3. The quantitative estimate of drug-likeness (QED) is 0.188. The number of benzene rings is 7. The Balaban J connectivity index is 1.43. The maximum atomic E-state index is 5.47. The Morgan fingerprint density at radius 3 is 2.14 bits per heavy atom. The topological polar surface area (TPSA) is 30.7 Å². The Bertz CT molecular complexity index is 3020. The molecule has 0 aliphatic heterocycles. The van der Waals surface area contributed by atoms with Crippen LogP contribution in [0.2, 0.25) is 0 Å². The summed E-state index contributed by atoms with van der Waals surface area (Å²) in [4.78, 5) is 10.8. The lowest BCUT2D eigenvalue weighted by molar-refractivity contribution is 0.664. The molecule has 1 aliphatic rings. The van der Waals surface area contributed by atoms with Crippen molar-refractivity contribution in [2.45, 2.75) is 19.3 Å². The molecule has 0 amide bonds. The largest absolute Gasteiger partial charge is 0.278 e. The molecule has 0 fully saturated rings. The smallest absolute Gasteiger partial charge is 0.235 e. The van der Waals surface area contributed by atoms with Crippen LogP contribution in [0.5, 0.6) is 0 Å². The van der Waals surface area contributed by atoms with Gasteiger partial charge in [-0.3, -0.25) is 4.57 Å². The minimum absolute atomic E-state index is 0.255. The molecule has 3 nitrogen and oxygen atoms in total. The molecule has 3 aromatic heterocycles. The number of thiophene rings is 1. The summed E-state index contributed by atoms with van der Waals surface area (Å²) < 4.78 is 5.00. The zero-order valence-electron chi connectivity index (χ0n) is 27.0. The molecule has 0 unspecified atom stereocenters. The highest BCUT2D eigenvalue weighted by Gasteiger charge is 2.40. The second-order valence-corrected chi connectivity index (χ2v) is 14.8. The zero-order valence-corrected chi connectivity index (χ0v) is 27.8. The maximum Gasteiger partial charge on any atom is 0.235 e. The average molecular weight is 644 g/mol. The van der Waals surface area contributed by atoms with E-state index >= 15 is 0 Å². The van der Waals surface area contributed by atoms with E-state index in [9.17, 15) is 0 Å². The van der Waals surface area contributed by atoms with Crippen LogP contribution >= 0.6 is 11.3 Å². The van der Waals surface area contributed by atoms with E-state index in [0.717, 1.165) is 27.7 Å². The van der Waals surface area contributed by atoms with Crippen molar-refractivity contribution in [3.63, 3.8) is 0 Å². The highest BCUT2D eigenvalue weighted by atomic mass is 32.1. The lowest BCUT2D eigenvalue weighted by Gasteiger charge is -2.24. The van der Waals surface area contributed by atoms with Gasteiger partial charge in [0.25, 0.3) is 0 Å². The van der Waals surface area contributed by atoms with Crippen molar-refractivity contribution in [2.75, 3.05) is 0 Å². The van der Waals surface area contributed by atoms with Gasteiger partial charge < -0.3 is 0 Å². The molecule has 230 valence electrons. The number of nitrogens with zero attached hydrogens (tertiary/aromatic N) is 3. The van der Waals surface area contributed by atoms with Crippen molar-refractivity contribution in [1.29, 1.82) is 0 Å². The monoisotopic (exact) mass is 643 g/mol. The molecule has 0 spiro atoms. The maximum absolute atomic E-state index is 5.47. The molecule has 0 atom stereocenters. The van der Waals surface area contributed by atoms with E-state index < -0.39 is 0 Å². The summed E-state index contributed by atoms with van der Waals surface area (Å²) in [5.74, 6) is 0.694. The first kappa shape index (κ1) is 27.1. The molecule has 4 heteroatoms. The van der Waals surface area contributed by atoms with E-state index in [1.807, 2.05) is 11.3 Å². The summed E-state index contributed by atoms with van der Waals surface area (Å²) in [7, 11) is 0. The van der Waals surface area contributed by atoms with Crippen LogP contribution in [0.1, 0.15) is 25.0 Å². The SMILES string of the molecule is CC1(C)c2ccccc2-c2c1c1c(c3ccccc3n1-c1nc(-c3ccccc3)c3ccccc3n1)c1c2ccc2sc3ccccc3c21. The van der Waals surface area contributed by atoms with Crippen LogP contribution in [-0.2, 0) is 5.41 Å². The number of aromatic nitrogens is 3. The number of rotatable bonds is 2. The number of para-hydroxylation sites is 2. The molecule has 3 heterocycles. The predicted molar refractivity (Wildman–Crippen MR) is 207 cm³/mol. The molecular formula is C45H29N3S. The number of hydrogen-bond acceptors (Lipinski definition) is 3. The van der Waals surface area contributed by atoms with Crippen LogP contribution < -0.4 is 0 Å². The molecule has 0 N–H and O–H groups in total. The van der Waals surface area contributed by atoms with Crippen LogP contribution in [0.4, 0.5) is 0 Å². The molecule has 1 aliphatic carbocycles. The molecule has 49 heavy (non-hydrogen) atoms. The number of fused-ring (bicyclic) bond motifs is 15. The third-order valence-electron chi connectivity index (χ3n) is 10.8. The summed E-state index contributed by atoms with van der Waals surface area (Å²) in [6.07, 6.45) is 0. The summed E-state index contributed by atoms with van der Waals surface area (Å²) in [6.45, 7) is 4.78. The summed E-state index contributed by atoms with van der Waals surface area (Å²) in [5.41, 5.74) is 10.4. The van der Waals surface area contributed by atoms with Gasteiger partial charge in [-0.05, 0) is 51.9 Å². The third kappa shape index (κ3) is 3.51. The Morgan fingerprint density at radius 2 is 1.27 bits per heavy atom. The van der Waals surface area contributed by atoms with Crippen molar-refractivity contribution < 1.29 is 0 Å². The number of hydrogen-bond donors (Lipinski definition) is 0. The predicted octanol–water partition coefficient (Wildman–Crippen LogP) is 12.2. The molecule has 0 saturated carbocycles. The zero-order chi connectivity index (χ0) is 32.4. The average Bonchev–Trinajstić information content (AvgIpc) is 3.77. The van der Waals surface area contributed by atoms with Gasteiger partial charge in [-0.15, -0.1) is 11.3 Å². The molecule has 11 rings (SSSR count). The normalized spacial score (nSPS) is 13.7. The summed E-state index contributed by atoms with van der Waals surface area (Å²) in [5, 5.41) is 8.81.